The second kappa shape index (κ2) is 6.43. The summed E-state index contributed by atoms with van der Waals surface area (Å²) in [5, 5.41) is 2.43. The highest BCUT2D eigenvalue weighted by molar-refractivity contribution is 7.82. The molecule has 1 aliphatic rings. The van der Waals surface area contributed by atoms with Crippen molar-refractivity contribution in [3.05, 3.63) is 29.8 Å². The van der Waals surface area contributed by atoms with Crippen LogP contribution in [0.3, 0.4) is 0 Å². The Kier molecular flexibility index (Phi) is 4.82. The number of hydrogen-bond donors (Lipinski definition) is 1. The highest BCUT2D eigenvalue weighted by atomic mass is 32.1. The van der Waals surface area contributed by atoms with E-state index in [-0.39, 0.29) is 10.7 Å². The molecule has 0 aromatic heterocycles. The van der Waals surface area contributed by atoms with E-state index in [1.807, 2.05) is 0 Å². The van der Waals surface area contributed by atoms with Crippen LogP contribution < -0.4 is 5.32 Å². The molecule has 114 valence electrons. The molecule has 0 aliphatic carbocycles. The van der Waals surface area contributed by atoms with Crippen molar-refractivity contribution in [2.24, 2.45) is 0 Å². The minimum atomic E-state index is -4.44. The lowest BCUT2D eigenvalue weighted by Crippen LogP contribution is -2.41. The van der Waals surface area contributed by atoms with Gasteiger partial charge in [-0.1, -0.05) is 18.3 Å². The number of rotatable bonds is 1. The van der Waals surface area contributed by atoms with Crippen LogP contribution in [-0.4, -0.2) is 28.9 Å². The zero-order chi connectivity index (χ0) is 15.5. The Labute approximate surface area is 126 Å². The van der Waals surface area contributed by atoms with E-state index in [1.165, 1.54) is 12.1 Å². The zero-order valence-electron chi connectivity index (χ0n) is 11.2. The molecule has 1 heterocycles. The smallest absolute Gasteiger partial charge is 0.358 e. The third-order valence-electron chi connectivity index (χ3n) is 3.29. The molecule has 21 heavy (non-hydrogen) atoms. The maximum atomic E-state index is 12.6. The van der Waals surface area contributed by atoms with Crippen molar-refractivity contribution in [3.8, 4) is 0 Å². The minimum Gasteiger partial charge on any atom is -0.358 e. The van der Waals surface area contributed by atoms with Gasteiger partial charge in [0, 0.05) is 18.8 Å². The largest absolute Gasteiger partial charge is 0.416 e. The second-order valence-electron chi connectivity index (χ2n) is 4.89. The van der Waals surface area contributed by atoms with E-state index in [1.54, 1.807) is 4.90 Å². The monoisotopic (exact) mass is 316 g/mol. The van der Waals surface area contributed by atoms with E-state index in [0.717, 1.165) is 44.5 Å². The topological polar surface area (TPSA) is 32.3 Å². The van der Waals surface area contributed by atoms with Crippen LogP contribution in [0.1, 0.15) is 24.8 Å². The van der Waals surface area contributed by atoms with Gasteiger partial charge in [-0.25, -0.2) is 0 Å². The first-order chi connectivity index (χ1) is 9.88. The van der Waals surface area contributed by atoms with Crippen LogP contribution in [0.4, 0.5) is 18.9 Å². The SMILES string of the molecule is O=C(Nc1cccc(C(F)(F)F)c1)C(=S)N1CCCCC1. The number of thiocarbonyl (C=S) groups is 1. The van der Waals surface area contributed by atoms with Crippen LogP contribution in [0.2, 0.25) is 0 Å². The predicted octanol–water partition coefficient (Wildman–Crippen LogP) is 3.46. The third-order valence-corrected chi connectivity index (χ3v) is 3.73. The number of benzene rings is 1. The first-order valence-electron chi connectivity index (χ1n) is 6.65. The minimum absolute atomic E-state index is 0.0918. The first-order valence-corrected chi connectivity index (χ1v) is 7.06. The first kappa shape index (κ1) is 15.8. The Morgan fingerprint density at radius 1 is 1.19 bits per heavy atom. The van der Waals surface area contributed by atoms with Crippen LogP contribution in [0, 0.1) is 0 Å². The number of carbonyl (C=O) groups is 1. The Balaban J connectivity index is 2.04. The van der Waals surface area contributed by atoms with Crippen LogP contribution in [0.25, 0.3) is 0 Å². The molecular weight excluding hydrogens is 301 g/mol. The molecule has 1 amide bonds. The van der Waals surface area contributed by atoms with Crippen LogP contribution >= 0.6 is 12.2 Å². The van der Waals surface area contributed by atoms with E-state index in [2.05, 4.69) is 5.32 Å². The van der Waals surface area contributed by atoms with Gasteiger partial charge in [-0.3, -0.25) is 4.79 Å². The molecule has 0 unspecified atom stereocenters. The van der Waals surface area contributed by atoms with Crippen LogP contribution in [0.15, 0.2) is 24.3 Å². The summed E-state index contributed by atoms with van der Waals surface area (Å²) in [6, 6.07) is 4.52. The maximum absolute atomic E-state index is 12.6. The highest BCUT2D eigenvalue weighted by Gasteiger charge is 2.30. The molecule has 0 spiro atoms. The van der Waals surface area contributed by atoms with Crippen molar-refractivity contribution in [2.75, 3.05) is 18.4 Å². The van der Waals surface area contributed by atoms with Gasteiger partial charge in [-0.2, -0.15) is 13.2 Å². The average Bonchev–Trinajstić information content (AvgIpc) is 2.47. The third kappa shape index (κ3) is 4.17. The number of halogens is 3. The fourth-order valence-electron chi connectivity index (χ4n) is 2.20. The standard InChI is InChI=1S/C14H15F3N2OS/c15-14(16,17)10-5-4-6-11(9-10)18-12(20)13(21)19-7-2-1-3-8-19/h4-6,9H,1-3,7-8H2,(H,18,20). The summed E-state index contributed by atoms with van der Waals surface area (Å²) >= 11 is 5.09. The van der Waals surface area contributed by atoms with Gasteiger partial charge in [0.2, 0.25) is 0 Å². The molecule has 1 aromatic carbocycles. The number of nitrogens with one attached hydrogen (secondary N) is 1. The van der Waals surface area contributed by atoms with Gasteiger partial charge in [-0.15, -0.1) is 0 Å². The van der Waals surface area contributed by atoms with Crippen molar-refractivity contribution in [1.82, 2.24) is 4.90 Å². The molecule has 2 rings (SSSR count). The Hall–Kier alpha value is -1.63. The molecule has 1 fully saturated rings. The summed E-state index contributed by atoms with van der Waals surface area (Å²) in [6.07, 6.45) is -1.39. The number of carbonyl (C=O) groups excluding carboxylic acids is 1. The Morgan fingerprint density at radius 2 is 1.86 bits per heavy atom. The molecule has 0 saturated carbocycles. The van der Waals surface area contributed by atoms with Gasteiger partial charge in [-0.05, 0) is 37.5 Å². The summed E-state index contributed by atoms with van der Waals surface area (Å²) in [5.41, 5.74) is -0.710. The summed E-state index contributed by atoms with van der Waals surface area (Å²) in [5.74, 6) is -0.536. The van der Waals surface area contributed by atoms with E-state index < -0.39 is 17.6 Å². The number of nitrogens with zero attached hydrogens (tertiary/aromatic N) is 1. The van der Waals surface area contributed by atoms with Gasteiger partial charge in [0.05, 0.1) is 5.56 Å². The van der Waals surface area contributed by atoms with E-state index in [4.69, 9.17) is 12.2 Å². The van der Waals surface area contributed by atoms with Crippen molar-refractivity contribution in [3.63, 3.8) is 0 Å². The lowest BCUT2D eigenvalue weighted by atomic mass is 10.1. The zero-order valence-corrected chi connectivity index (χ0v) is 12.1. The molecule has 0 bridgehead atoms. The normalized spacial score (nSPS) is 15.7. The number of piperidine rings is 1. The molecule has 7 heteroatoms. The van der Waals surface area contributed by atoms with Crippen LogP contribution in [-0.2, 0) is 11.0 Å². The van der Waals surface area contributed by atoms with Gasteiger partial charge < -0.3 is 10.2 Å². The average molecular weight is 316 g/mol. The predicted molar refractivity (Wildman–Crippen MR) is 78.1 cm³/mol. The molecule has 1 aliphatic heterocycles. The highest BCUT2D eigenvalue weighted by Crippen LogP contribution is 2.30. The number of alkyl halides is 3. The maximum Gasteiger partial charge on any atom is 0.416 e. The van der Waals surface area contributed by atoms with Crippen molar-refractivity contribution in [1.29, 1.82) is 0 Å². The molecule has 1 N–H and O–H groups in total. The molecule has 0 radical (unpaired) electrons. The molecule has 1 saturated heterocycles. The van der Waals surface area contributed by atoms with Gasteiger partial charge in [0.25, 0.3) is 5.91 Å². The molecular formula is C14H15F3N2OS. The summed E-state index contributed by atoms with van der Waals surface area (Å²) in [4.78, 5) is 13.9. The lowest BCUT2D eigenvalue weighted by Gasteiger charge is -2.28. The number of likely N-dealkylation sites (tertiary alicyclic amines) is 1. The Morgan fingerprint density at radius 3 is 2.48 bits per heavy atom. The fourth-order valence-corrected chi connectivity index (χ4v) is 2.43. The fraction of sp³-hybridized carbons (Fsp3) is 0.429. The Bertz CT molecular complexity index is 539. The summed E-state index contributed by atoms with van der Waals surface area (Å²) < 4.78 is 37.8. The van der Waals surface area contributed by atoms with Gasteiger partial charge in [0.15, 0.2) is 4.99 Å². The molecule has 0 atom stereocenters. The number of amides is 1. The second-order valence-corrected chi connectivity index (χ2v) is 5.27. The van der Waals surface area contributed by atoms with E-state index in [9.17, 15) is 18.0 Å². The van der Waals surface area contributed by atoms with Gasteiger partial charge >= 0.3 is 6.18 Å². The molecule has 3 nitrogen and oxygen atoms in total. The van der Waals surface area contributed by atoms with Crippen molar-refractivity contribution in [2.45, 2.75) is 25.4 Å². The number of anilines is 1. The number of hydrogen-bond acceptors (Lipinski definition) is 2. The van der Waals surface area contributed by atoms with Crippen LogP contribution in [0.5, 0.6) is 0 Å². The van der Waals surface area contributed by atoms with E-state index >= 15 is 0 Å². The van der Waals surface area contributed by atoms with Crippen molar-refractivity contribution >= 4 is 28.8 Å². The summed E-state index contributed by atoms with van der Waals surface area (Å²) in [6.45, 7) is 1.43. The summed E-state index contributed by atoms with van der Waals surface area (Å²) in [7, 11) is 0. The van der Waals surface area contributed by atoms with Gasteiger partial charge in [0.1, 0.15) is 0 Å². The van der Waals surface area contributed by atoms with E-state index in [0.29, 0.717) is 0 Å². The van der Waals surface area contributed by atoms with Crippen molar-refractivity contribution < 1.29 is 18.0 Å². The lowest BCUT2D eigenvalue weighted by molar-refractivity contribution is -0.137. The quantitative estimate of drug-likeness (QED) is 0.805. The molecule has 1 aromatic rings.